The number of rotatable bonds is 14. The second-order valence-corrected chi connectivity index (χ2v) is 17.3. The summed E-state index contributed by atoms with van der Waals surface area (Å²) in [6.45, 7) is 5.68. The molecule has 2 fully saturated rings. The van der Waals surface area contributed by atoms with Crippen molar-refractivity contribution in [2.45, 2.75) is 139 Å². The minimum absolute atomic E-state index is 0.119. The van der Waals surface area contributed by atoms with Crippen molar-refractivity contribution in [3.05, 3.63) is 82.1 Å². The predicted molar refractivity (Wildman–Crippen MR) is 214 cm³/mol. The molecule has 4 aliphatic rings. The lowest BCUT2D eigenvalue weighted by Crippen LogP contribution is -2.53. The maximum atomic E-state index is 13.0. The van der Waals surface area contributed by atoms with Gasteiger partial charge in [0.25, 0.3) is 0 Å². The first kappa shape index (κ1) is 38.5. The number of pyridine rings is 1. The summed E-state index contributed by atoms with van der Waals surface area (Å²) in [5.74, 6) is 2.19. The second kappa shape index (κ2) is 16.9. The Morgan fingerprint density at radius 1 is 1.00 bits per heavy atom. The molecule has 1 heterocycles. The number of carboxylic acids is 1. The van der Waals surface area contributed by atoms with E-state index in [0.717, 1.165) is 62.1 Å². The number of carboxylic acid groups (broad SMARTS) is 1. The van der Waals surface area contributed by atoms with E-state index in [2.05, 4.69) is 47.7 Å². The minimum atomic E-state index is -1.08. The summed E-state index contributed by atoms with van der Waals surface area (Å²) in [4.78, 5) is 30.3. The van der Waals surface area contributed by atoms with Gasteiger partial charge in [0.05, 0.1) is 13.2 Å². The van der Waals surface area contributed by atoms with Gasteiger partial charge in [-0.2, -0.15) is 0 Å². The molecule has 0 bridgehead atoms. The Hall–Kier alpha value is -3.78. The Bertz CT molecular complexity index is 1780. The van der Waals surface area contributed by atoms with Crippen LogP contribution in [0.3, 0.4) is 0 Å². The molecule has 1 spiro atoms. The minimum Gasteiger partial charge on any atom is -0.494 e. The first-order valence-corrected chi connectivity index (χ1v) is 21.0. The van der Waals surface area contributed by atoms with Gasteiger partial charge >= 0.3 is 5.97 Å². The van der Waals surface area contributed by atoms with Gasteiger partial charge in [0, 0.05) is 40.6 Å². The van der Waals surface area contributed by atoms with Crippen molar-refractivity contribution in [1.29, 1.82) is 0 Å². The van der Waals surface area contributed by atoms with Crippen molar-refractivity contribution >= 4 is 29.2 Å². The summed E-state index contributed by atoms with van der Waals surface area (Å²) in [6.07, 6.45) is 16.6. The van der Waals surface area contributed by atoms with Crippen molar-refractivity contribution in [3.8, 4) is 11.5 Å². The van der Waals surface area contributed by atoms with Crippen LogP contribution >= 0.6 is 11.6 Å². The third kappa shape index (κ3) is 8.54. The number of fused-ring (bicyclic) bond motifs is 3. The largest absolute Gasteiger partial charge is 0.494 e. The van der Waals surface area contributed by atoms with E-state index in [-0.39, 0.29) is 11.3 Å². The summed E-state index contributed by atoms with van der Waals surface area (Å²) in [7, 11) is 0. The monoisotopic (exact) mass is 755 g/mol. The predicted octanol–water partition coefficient (Wildman–Crippen LogP) is 9.81. The fourth-order valence-electron chi connectivity index (χ4n) is 10.1. The molecule has 4 aliphatic carbocycles. The van der Waals surface area contributed by atoms with Crippen molar-refractivity contribution < 1.29 is 24.2 Å². The molecule has 2 saturated carbocycles. The molecule has 0 aliphatic heterocycles. The number of halogens is 1. The van der Waals surface area contributed by atoms with Gasteiger partial charge < -0.3 is 25.2 Å². The van der Waals surface area contributed by atoms with E-state index in [0.29, 0.717) is 67.7 Å². The standard InChI is InChI=1S/C45H58ClN3O5/c1-30(29-54-40-18-23-47-39-14-6-9-31(2)42(39)40)25-33-26-32-16-17-37(53-24-8-15-41(50)48-35-11-4-3-5-12-35)28-38(32)44(33)19-21-45(22-20-44,43(51)52)49-36-13-7-10-34(46)27-36/h7,10,13,16-18,23,27-28,30-31,33,35,49H,3-6,8-9,11-12,14-15,19-22,24-26,29H2,1-2H3,(H,48,50)(H,51,52)/t30-,31-,33+,44?,45?/m1/s1. The molecule has 0 saturated heterocycles. The number of hydrogen-bond donors (Lipinski definition) is 3. The molecule has 3 atom stereocenters. The highest BCUT2D eigenvalue weighted by Crippen LogP contribution is 2.57. The van der Waals surface area contributed by atoms with E-state index in [1.807, 2.05) is 24.4 Å². The van der Waals surface area contributed by atoms with Crippen LogP contribution in [0, 0.1) is 11.8 Å². The van der Waals surface area contributed by atoms with E-state index in [1.165, 1.54) is 54.5 Å². The van der Waals surface area contributed by atoms with E-state index in [4.69, 9.17) is 21.1 Å². The Morgan fingerprint density at radius 3 is 2.59 bits per heavy atom. The van der Waals surface area contributed by atoms with Crippen LogP contribution in [-0.4, -0.2) is 46.8 Å². The summed E-state index contributed by atoms with van der Waals surface area (Å²) in [5.41, 5.74) is 4.55. The molecule has 1 amide bonds. The van der Waals surface area contributed by atoms with E-state index < -0.39 is 11.5 Å². The third-order valence-electron chi connectivity index (χ3n) is 13.1. The van der Waals surface area contributed by atoms with Crippen molar-refractivity contribution in [1.82, 2.24) is 10.3 Å². The maximum Gasteiger partial charge on any atom is 0.329 e. The van der Waals surface area contributed by atoms with E-state index in [1.54, 1.807) is 12.1 Å². The van der Waals surface area contributed by atoms with Crippen LogP contribution in [0.5, 0.6) is 11.5 Å². The fraction of sp³-hybridized carbons (Fsp3) is 0.578. The SMILES string of the molecule is C[C@@H](COc1ccnc2c1[C@H](C)CCC2)C[C@H]1Cc2ccc(OCCCC(=O)NC3CCCCC3)cc2C12CCC(Nc1cccc(Cl)c1)(C(=O)O)CC2. The number of aliphatic carboxylic acids is 1. The number of amides is 1. The highest BCUT2D eigenvalue weighted by molar-refractivity contribution is 6.30. The molecule has 9 heteroatoms. The van der Waals surface area contributed by atoms with Crippen LogP contribution in [0.25, 0.3) is 0 Å². The Kier molecular flexibility index (Phi) is 12.1. The topological polar surface area (TPSA) is 110 Å². The van der Waals surface area contributed by atoms with Crippen molar-refractivity contribution in [3.63, 3.8) is 0 Å². The summed E-state index contributed by atoms with van der Waals surface area (Å²) in [5, 5.41) is 17.9. The lowest BCUT2D eigenvalue weighted by molar-refractivity contribution is -0.144. The van der Waals surface area contributed by atoms with Gasteiger partial charge in [-0.1, -0.05) is 56.8 Å². The first-order valence-electron chi connectivity index (χ1n) is 20.6. The highest BCUT2D eigenvalue weighted by atomic mass is 35.5. The fourth-order valence-corrected chi connectivity index (χ4v) is 10.3. The molecule has 7 rings (SSSR count). The number of ether oxygens (including phenoxy) is 2. The molecule has 3 N–H and O–H groups in total. The van der Waals surface area contributed by atoms with Gasteiger partial charge in [0.15, 0.2) is 0 Å². The van der Waals surface area contributed by atoms with Gasteiger partial charge in [-0.05, 0) is 148 Å². The molecule has 0 radical (unpaired) electrons. The molecule has 2 aromatic carbocycles. The van der Waals surface area contributed by atoms with Crippen LogP contribution in [0.2, 0.25) is 5.02 Å². The van der Waals surface area contributed by atoms with Crippen molar-refractivity contribution in [2.75, 3.05) is 18.5 Å². The van der Waals surface area contributed by atoms with Gasteiger partial charge in [0.2, 0.25) is 5.91 Å². The molecule has 1 aromatic heterocycles. The molecule has 3 aromatic rings. The number of anilines is 1. The molecule has 8 nitrogen and oxygen atoms in total. The average Bonchev–Trinajstić information content (AvgIpc) is 3.45. The van der Waals surface area contributed by atoms with Gasteiger partial charge in [-0.15, -0.1) is 0 Å². The Balaban J connectivity index is 1.06. The van der Waals surface area contributed by atoms with Gasteiger partial charge in [-0.3, -0.25) is 9.78 Å². The molecule has 0 unspecified atom stereocenters. The highest BCUT2D eigenvalue weighted by Gasteiger charge is 2.54. The maximum absolute atomic E-state index is 13.0. The van der Waals surface area contributed by atoms with E-state index in [9.17, 15) is 14.7 Å². The van der Waals surface area contributed by atoms with Crippen LogP contribution in [0.4, 0.5) is 5.69 Å². The number of carbonyl (C=O) groups excluding carboxylic acids is 1. The van der Waals surface area contributed by atoms with E-state index >= 15 is 0 Å². The Morgan fingerprint density at radius 2 is 1.81 bits per heavy atom. The number of hydrogen-bond acceptors (Lipinski definition) is 6. The van der Waals surface area contributed by atoms with Crippen molar-refractivity contribution in [2.24, 2.45) is 11.8 Å². The summed E-state index contributed by atoms with van der Waals surface area (Å²) < 4.78 is 12.9. The average molecular weight is 756 g/mol. The molecular weight excluding hydrogens is 698 g/mol. The number of nitrogens with one attached hydrogen (secondary N) is 2. The summed E-state index contributed by atoms with van der Waals surface area (Å²) >= 11 is 6.30. The summed E-state index contributed by atoms with van der Waals surface area (Å²) in [6, 6.07) is 16.2. The smallest absolute Gasteiger partial charge is 0.329 e. The normalized spacial score (nSPS) is 25.7. The van der Waals surface area contributed by atoms with Crippen LogP contribution in [-0.2, 0) is 27.8 Å². The van der Waals surface area contributed by atoms with Gasteiger partial charge in [-0.25, -0.2) is 4.79 Å². The molecule has 54 heavy (non-hydrogen) atoms. The zero-order valence-corrected chi connectivity index (χ0v) is 32.9. The number of benzene rings is 2. The number of aromatic nitrogens is 1. The zero-order chi connectivity index (χ0) is 37.7. The van der Waals surface area contributed by atoms with Gasteiger partial charge in [0.1, 0.15) is 17.0 Å². The lowest BCUT2D eigenvalue weighted by atomic mass is 9.59. The van der Waals surface area contributed by atoms with Crippen LogP contribution in [0.15, 0.2) is 54.7 Å². The lowest BCUT2D eigenvalue weighted by Gasteiger charge is -2.47. The second-order valence-electron chi connectivity index (χ2n) is 16.9. The third-order valence-corrected chi connectivity index (χ3v) is 13.3. The number of carbonyl (C=O) groups is 2. The van der Waals surface area contributed by atoms with Crippen LogP contribution < -0.4 is 20.1 Å². The zero-order valence-electron chi connectivity index (χ0n) is 32.1. The Labute approximate surface area is 326 Å². The first-order chi connectivity index (χ1) is 26.1. The number of aryl methyl sites for hydroxylation is 1. The quantitative estimate of drug-likeness (QED) is 0.141. The van der Waals surface area contributed by atoms with Crippen LogP contribution in [0.1, 0.15) is 132 Å². The molecule has 290 valence electrons. The molecular formula is C45H58ClN3O5. The number of nitrogens with zero attached hydrogens (tertiary/aromatic N) is 1.